The van der Waals surface area contributed by atoms with Crippen molar-refractivity contribution in [1.82, 2.24) is 0 Å². The van der Waals surface area contributed by atoms with E-state index >= 15 is 0 Å². The molecule has 0 aliphatic heterocycles. The molecule has 56 valence electrons. The van der Waals surface area contributed by atoms with Crippen molar-refractivity contribution >= 4 is 0 Å². The Hall–Kier alpha value is -0.810. The SMILES string of the molecule is C=CCC(C)(N)C(C)C#N. The van der Waals surface area contributed by atoms with Crippen LogP contribution < -0.4 is 5.73 Å². The van der Waals surface area contributed by atoms with Gasteiger partial charge in [-0.3, -0.25) is 0 Å². The zero-order valence-corrected chi connectivity index (χ0v) is 6.59. The van der Waals surface area contributed by atoms with Crippen molar-refractivity contribution in [2.75, 3.05) is 0 Å². The van der Waals surface area contributed by atoms with Crippen molar-refractivity contribution in [3.8, 4) is 6.07 Å². The summed E-state index contributed by atoms with van der Waals surface area (Å²) in [7, 11) is 0. The van der Waals surface area contributed by atoms with E-state index in [0.717, 1.165) is 0 Å². The number of nitrogens with zero attached hydrogens (tertiary/aromatic N) is 1. The van der Waals surface area contributed by atoms with Gasteiger partial charge in [-0.1, -0.05) is 6.08 Å². The monoisotopic (exact) mass is 138 g/mol. The molecule has 2 heteroatoms. The average Bonchev–Trinajstić information content (AvgIpc) is 1.86. The highest BCUT2D eigenvalue weighted by Crippen LogP contribution is 2.16. The smallest absolute Gasteiger partial charge is 0.0672 e. The summed E-state index contributed by atoms with van der Waals surface area (Å²) < 4.78 is 0. The molecule has 2 atom stereocenters. The molecule has 0 fully saturated rings. The first-order valence-corrected chi connectivity index (χ1v) is 3.34. The molecule has 0 spiro atoms. The highest BCUT2D eigenvalue weighted by atomic mass is 14.7. The summed E-state index contributed by atoms with van der Waals surface area (Å²) in [5.41, 5.74) is 5.37. The minimum Gasteiger partial charge on any atom is -0.324 e. The largest absolute Gasteiger partial charge is 0.324 e. The zero-order valence-electron chi connectivity index (χ0n) is 6.59. The normalized spacial score (nSPS) is 18.6. The van der Waals surface area contributed by atoms with E-state index < -0.39 is 5.54 Å². The second-order valence-corrected chi connectivity index (χ2v) is 2.85. The number of rotatable bonds is 3. The van der Waals surface area contributed by atoms with Gasteiger partial charge >= 0.3 is 0 Å². The van der Waals surface area contributed by atoms with Crippen molar-refractivity contribution in [3.05, 3.63) is 12.7 Å². The van der Waals surface area contributed by atoms with Crippen molar-refractivity contribution in [2.45, 2.75) is 25.8 Å². The first kappa shape index (κ1) is 9.19. The molecule has 0 aromatic carbocycles. The highest BCUT2D eigenvalue weighted by molar-refractivity contribution is 4.99. The van der Waals surface area contributed by atoms with Crippen LogP contribution >= 0.6 is 0 Å². The summed E-state index contributed by atoms with van der Waals surface area (Å²) in [6, 6.07) is 2.12. The maximum absolute atomic E-state index is 8.53. The average molecular weight is 138 g/mol. The molecule has 0 aromatic rings. The molecule has 0 aliphatic carbocycles. The molecule has 2 nitrogen and oxygen atoms in total. The Morgan fingerprint density at radius 3 is 2.70 bits per heavy atom. The molecule has 2 unspecified atom stereocenters. The lowest BCUT2D eigenvalue weighted by Gasteiger charge is -2.25. The van der Waals surface area contributed by atoms with Gasteiger partial charge in [0.2, 0.25) is 0 Å². The molecule has 10 heavy (non-hydrogen) atoms. The second kappa shape index (κ2) is 3.38. The van der Waals surface area contributed by atoms with Gasteiger partial charge in [0.05, 0.1) is 12.0 Å². The third-order valence-electron chi connectivity index (χ3n) is 1.77. The number of nitriles is 1. The van der Waals surface area contributed by atoms with E-state index in [4.69, 9.17) is 11.0 Å². The summed E-state index contributed by atoms with van der Waals surface area (Å²) in [5.74, 6) is -0.120. The molecule has 0 radical (unpaired) electrons. The summed E-state index contributed by atoms with van der Waals surface area (Å²) in [4.78, 5) is 0. The molecule has 0 amide bonds. The quantitative estimate of drug-likeness (QED) is 0.600. The van der Waals surface area contributed by atoms with Crippen LogP contribution in [0, 0.1) is 17.2 Å². The molecule has 0 aromatic heterocycles. The second-order valence-electron chi connectivity index (χ2n) is 2.85. The van der Waals surface area contributed by atoms with Gasteiger partial charge in [0.15, 0.2) is 0 Å². The molecule has 0 bridgehead atoms. The van der Waals surface area contributed by atoms with E-state index in [2.05, 4.69) is 12.6 Å². The lowest BCUT2D eigenvalue weighted by molar-refractivity contribution is 0.383. The van der Waals surface area contributed by atoms with Crippen LogP contribution in [0.4, 0.5) is 0 Å². The predicted molar refractivity (Wildman–Crippen MR) is 42.2 cm³/mol. The number of nitrogens with two attached hydrogens (primary N) is 1. The van der Waals surface area contributed by atoms with Crippen LogP contribution in [0.5, 0.6) is 0 Å². The van der Waals surface area contributed by atoms with E-state index in [1.807, 2.05) is 13.8 Å². The van der Waals surface area contributed by atoms with Crippen LogP contribution in [0.1, 0.15) is 20.3 Å². The standard InChI is InChI=1S/C8H14N2/c1-4-5-8(3,10)7(2)6-9/h4,7H,1,5,10H2,2-3H3. The van der Waals surface area contributed by atoms with Crippen LogP contribution in [-0.2, 0) is 0 Å². The summed E-state index contributed by atoms with van der Waals surface area (Å²) in [6.07, 6.45) is 2.43. The van der Waals surface area contributed by atoms with E-state index in [-0.39, 0.29) is 5.92 Å². The topological polar surface area (TPSA) is 49.8 Å². The molecule has 2 N–H and O–H groups in total. The molecule has 0 aliphatic rings. The third kappa shape index (κ3) is 2.20. The number of hydrogen-bond donors (Lipinski definition) is 1. The minimum absolute atomic E-state index is 0.120. The fourth-order valence-corrected chi connectivity index (χ4v) is 0.635. The third-order valence-corrected chi connectivity index (χ3v) is 1.77. The van der Waals surface area contributed by atoms with Crippen molar-refractivity contribution in [1.29, 1.82) is 5.26 Å². The maximum Gasteiger partial charge on any atom is 0.0672 e. The van der Waals surface area contributed by atoms with Crippen molar-refractivity contribution in [3.63, 3.8) is 0 Å². The van der Waals surface area contributed by atoms with Crippen LogP contribution in [-0.4, -0.2) is 5.54 Å². The highest BCUT2D eigenvalue weighted by Gasteiger charge is 2.24. The first-order valence-electron chi connectivity index (χ1n) is 3.34. The summed E-state index contributed by atoms with van der Waals surface area (Å²) in [6.45, 7) is 7.26. The maximum atomic E-state index is 8.53. The lowest BCUT2D eigenvalue weighted by Crippen LogP contribution is -2.41. The lowest BCUT2D eigenvalue weighted by atomic mass is 9.86. The van der Waals surface area contributed by atoms with Gasteiger partial charge in [0.1, 0.15) is 0 Å². The van der Waals surface area contributed by atoms with Crippen molar-refractivity contribution in [2.24, 2.45) is 11.7 Å². The summed E-state index contributed by atoms with van der Waals surface area (Å²) in [5, 5.41) is 8.53. The Bertz CT molecular complexity index is 153. The Morgan fingerprint density at radius 1 is 1.90 bits per heavy atom. The molecule has 0 rings (SSSR count). The molecule has 0 heterocycles. The van der Waals surface area contributed by atoms with Gasteiger partial charge in [-0.2, -0.15) is 5.26 Å². The Labute approximate surface area is 62.3 Å². The van der Waals surface area contributed by atoms with E-state index in [0.29, 0.717) is 6.42 Å². The van der Waals surface area contributed by atoms with Gasteiger partial charge in [-0.05, 0) is 20.3 Å². The molecular weight excluding hydrogens is 124 g/mol. The Balaban J connectivity index is 4.11. The fourth-order valence-electron chi connectivity index (χ4n) is 0.635. The minimum atomic E-state index is -0.420. The van der Waals surface area contributed by atoms with Gasteiger partial charge in [-0.25, -0.2) is 0 Å². The van der Waals surface area contributed by atoms with Crippen LogP contribution in [0.25, 0.3) is 0 Å². The Morgan fingerprint density at radius 2 is 2.40 bits per heavy atom. The Kier molecular flexibility index (Phi) is 3.11. The van der Waals surface area contributed by atoms with Gasteiger partial charge in [0, 0.05) is 5.54 Å². The summed E-state index contributed by atoms with van der Waals surface area (Å²) >= 11 is 0. The fraction of sp³-hybridized carbons (Fsp3) is 0.625. The predicted octanol–water partition coefficient (Wildman–Crippen LogP) is 1.44. The van der Waals surface area contributed by atoms with Crippen LogP contribution in [0.15, 0.2) is 12.7 Å². The van der Waals surface area contributed by atoms with Crippen molar-refractivity contribution < 1.29 is 0 Å². The van der Waals surface area contributed by atoms with E-state index in [1.54, 1.807) is 6.08 Å². The number of hydrogen-bond acceptors (Lipinski definition) is 2. The zero-order chi connectivity index (χ0) is 8.20. The van der Waals surface area contributed by atoms with Crippen LogP contribution in [0.3, 0.4) is 0 Å². The van der Waals surface area contributed by atoms with Gasteiger partial charge in [0.25, 0.3) is 0 Å². The first-order chi connectivity index (χ1) is 4.54. The van der Waals surface area contributed by atoms with E-state index in [1.165, 1.54) is 0 Å². The van der Waals surface area contributed by atoms with Gasteiger partial charge < -0.3 is 5.73 Å². The van der Waals surface area contributed by atoms with E-state index in [9.17, 15) is 0 Å². The van der Waals surface area contributed by atoms with Crippen LogP contribution in [0.2, 0.25) is 0 Å². The molecule has 0 saturated heterocycles. The molecule has 0 saturated carbocycles. The molecular formula is C8H14N2. The van der Waals surface area contributed by atoms with Gasteiger partial charge in [-0.15, -0.1) is 6.58 Å².